The molecule has 0 fully saturated rings. The number of carbonyl (C=O) groups is 1. The Morgan fingerprint density at radius 2 is 0.656 bits per heavy atom. The first-order valence-corrected chi connectivity index (χ1v) is 6.39. The second-order valence-electron chi connectivity index (χ2n) is 5.35. The highest BCUT2D eigenvalue weighted by atomic mass is 19.4. The molecule has 192 valence electrons. The van der Waals surface area contributed by atoms with Crippen LogP contribution in [0.2, 0.25) is 0 Å². The van der Waals surface area contributed by atoms with Crippen LogP contribution in [0.25, 0.3) is 0 Å². The first-order chi connectivity index (χ1) is 13.4. The van der Waals surface area contributed by atoms with Gasteiger partial charge < -0.3 is 4.74 Å². The lowest BCUT2D eigenvalue weighted by atomic mass is 9.90. The van der Waals surface area contributed by atoms with E-state index >= 15 is 0 Å². The number of carbonyl (C=O) groups excluding carboxylic acids is 1. The van der Waals surface area contributed by atoms with E-state index < -0.39 is 60.0 Å². The summed E-state index contributed by atoms with van der Waals surface area (Å²) in [4.78, 5) is 10.0. The molecule has 0 heterocycles. The molecule has 0 unspecified atom stereocenters. The molecule has 0 aliphatic heterocycles. The van der Waals surface area contributed by atoms with Crippen molar-refractivity contribution < 1.29 is 97.3 Å². The fourth-order valence-corrected chi connectivity index (χ4v) is 1.39. The van der Waals surface area contributed by atoms with Crippen molar-refractivity contribution in [2.45, 2.75) is 54.0 Å². The van der Waals surface area contributed by atoms with E-state index in [4.69, 9.17) is 0 Å². The Morgan fingerprint density at radius 1 is 0.406 bits per heavy atom. The zero-order valence-corrected chi connectivity index (χ0v) is 13.4. The van der Waals surface area contributed by atoms with Crippen molar-refractivity contribution in [3.05, 3.63) is 0 Å². The van der Waals surface area contributed by atoms with E-state index in [0.29, 0.717) is 0 Å². The standard InChI is InChI=1S/C10F20O2/c11-2(12,13)1(31)32-10(29,30)8(24,25)6(20,21)4(16,17)3(14,15)5(18,19)7(22,23)9(26,27)28. The summed E-state index contributed by atoms with van der Waals surface area (Å²) in [6, 6.07) is 0. The monoisotopic (exact) mass is 532 g/mol. The number of hydrogen-bond donors (Lipinski definition) is 0. The highest BCUT2D eigenvalue weighted by Crippen LogP contribution is 2.64. The van der Waals surface area contributed by atoms with Gasteiger partial charge in [-0.25, -0.2) is 4.79 Å². The van der Waals surface area contributed by atoms with Crippen LogP contribution in [-0.2, 0) is 9.53 Å². The van der Waals surface area contributed by atoms with Crippen LogP contribution in [0.1, 0.15) is 0 Å². The minimum Gasteiger partial charge on any atom is -0.389 e. The van der Waals surface area contributed by atoms with Gasteiger partial charge in [0.25, 0.3) is 0 Å². The number of hydrogen-bond acceptors (Lipinski definition) is 2. The zero-order valence-electron chi connectivity index (χ0n) is 13.4. The molecule has 0 radical (unpaired) electrons. The van der Waals surface area contributed by atoms with Crippen molar-refractivity contribution in [3.8, 4) is 0 Å². The summed E-state index contributed by atoms with van der Waals surface area (Å²) >= 11 is 0. The van der Waals surface area contributed by atoms with Crippen LogP contribution in [0.5, 0.6) is 0 Å². The highest BCUT2D eigenvalue weighted by molar-refractivity contribution is 5.76. The number of esters is 1. The predicted molar refractivity (Wildman–Crippen MR) is 52.8 cm³/mol. The smallest absolute Gasteiger partial charge is 0.389 e. The summed E-state index contributed by atoms with van der Waals surface area (Å²) in [7, 11) is 0. The lowest BCUT2D eigenvalue weighted by Crippen LogP contribution is -2.74. The van der Waals surface area contributed by atoms with Crippen LogP contribution < -0.4 is 0 Å². The summed E-state index contributed by atoms with van der Waals surface area (Å²) in [6.45, 7) is 0. The van der Waals surface area contributed by atoms with Crippen LogP contribution in [-0.4, -0.2) is 60.0 Å². The molecule has 0 aromatic heterocycles. The van der Waals surface area contributed by atoms with Crippen molar-refractivity contribution in [3.63, 3.8) is 0 Å². The molecule has 0 atom stereocenters. The summed E-state index contributed by atoms with van der Waals surface area (Å²) < 4.78 is 253. The molecule has 22 heteroatoms. The molecule has 0 N–H and O–H groups in total. The fraction of sp³-hybridized carbons (Fsp3) is 0.900. The second-order valence-corrected chi connectivity index (χ2v) is 5.35. The molecule has 32 heavy (non-hydrogen) atoms. The average molecular weight is 532 g/mol. The van der Waals surface area contributed by atoms with Crippen molar-refractivity contribution in [1.82, 2.24) is 0 Å². The molecule has 0 rings (SSSR count). The van der Waals surface area contributed by atoms with Crippen molar-refractivity contribution >= 4 is 5.97 Å². The van der Waals surface area contributed by atoms with Crippen molar-refractivity contribution in [2.24, 2.45) is 0 Å². The third-order valence-electron chi connectivity index (χ3n) is 3.15. The van der Waals surface area contributed by atoms with Gasteiger partial charge in [-0.3, -0.25) is 0 Å². The van der Waals surface area contributed by atoms with Crippen LogP contribution >= 0.6 is 0 Å². The van der Waals surface area contributed by atoms with E-state index in [1.807, 2.05) is 0 Å². The molecular formula is C10F20O2. The molecule has 0 aliphatic carbocycles. The first kappa shape index (κ1) is 30.1. The first-order valence-electron chi connectivity index (χ1n) is 6.39. The topological polar surface area (TPSA) is 26.3 Å². The zero-order chi connectivity index (χ0) is 26.8. The van der Waals surface area contributed by atoms with E-state index in [1.54, 1.807) is 0 Å². The second kappa shape index (κ2) is 7.29. The van der Waals surface area contributed by atoms with Crippen LogP contribution in [0.4, 0.5) is 87.8 Å². The normalized spacial score (nSPS) is 16.2. The van der Waals surface area contributed by atoms with Crippen LogP contribution in [0, 0.1) is 0 Å². The fourth-order valence-electron chi connectivity index (χ4n) is 1.39. The van der Waals surface area contributed by atoms with Gasteiger partial charge in [0, 0.05) is 0 Å². The predicted octanol–water partition coefficient (Wildman–Crippen LogP) is 6.06. The molecule has 0 spiro atoms. The van der Waals surface area contributed by atoms with E-state index in [2.05, 4.69) is 0 Å². The Morgan fingerprint density at radius 3 is 0.906 bits per heavy atom. The Bertz CT molecular complexity index is 711. The molecule has 2 nitrogen and oxygen atoms in total. The number of halogens is 20. The molecular weight excluding hydrogens is 532 g/mol. The maximum Gasteiger partial charge on any atom is 0.491 e. The van der Waals surface area contributed by atoms with Gasteiger partial charge in [-0.05, 0) is 0 Å². The SMILES string of the molecule is O=C(OC(F)(F)C(F)(F)C(F)(F)C(F)(F)C(F)(F)C(F)(F)C(F)(F)C(F)(F)F)C(F)(F)F. The molecule has 0 bridgehead atoms. The van der Waals surface area contributed by atoms with Gasteiger partial charge >= 0.3 is 60.0 Å². The maximum absolute atomic E-state index is 13.1. The maximum atomic E-state index is 13.1. The molecule has 0 aliphatic rings. The summed E-state index contributed by atoms with van der Waals surface area (Å²) in [5.41, 5.74) is 0. The van der Waals surface area contributed by atoms with E-state index in [9.17, 15) is 92.6 Å². The highest BCUT2D eigenvalue weighted by Gasteiger charge is 2.96. The minimum atomic E-state index is -8.99. The summed E-state index contributed by atoms with van der Waals surface area (Å²) in [5.74, 6) is -57.0. The summed E-state index contributed by atoms with van der Waals surface area (Å²) in [6.07, 6.45) is -22.6. The van der Waals surface area contributed by atoms with Gasteiger partial charge in [-0.15, -0.1) is 0 Å². The van der Waals surface area contributed by atoms with E-state index in [0.717, 1.165) is 0 Å². The Balaban J connectivity index is 6.69. The van der Waals surface area contributed by atoms with Crippen LogP contribution in [0.15, 0.2) is 0 Å². The van der Waals surface area contributed by atoms with Crippen LogP contribution in [0.3, 0.4) is 0 Å². The Hall–Kier alpha value is -1.93. The average Bonchev–Trinajstić information content (AvgIpc) is 2.51. The number of rotatable bonds is 7. The Kier molecular flexibility index (Phi) is 6.85. The van der Waals surface area contributed by atoms with Gasteiger partial charge in [-0.1, -0.05) is 0 Å². The Labute approximate surface area is 159 Å². The van der Waals surface area contributed by atoms with Gasteiger partial charge in [-0.2, -0.15) is 87.8 Å². The third kappa shape index (κ3) is 3.96. The molecule has 0 aromatic rings. The van der Waals surface area contributed by atoms with Crippen molar-refractivity contribution in [2.75, 3.05) is 0 Å². The third-order valence-corrected chi connectivity index (χ3v) is 3.15. The lowest BCUT2D eigenvalue weighted by Gasteiger charge is -2.42. The largest absolute Gasteiger partial charge is 0.491 e. The van der Waals surface area contributed by atoms with E-state index in [1.165, 1.54) is 4.74 Å². The number of ether oxygens (including phenoxy) is 1. The number of alkyl halides is 20. The molecule has 0 amide bonds. The quantitative estimate of drug-likeness (QED) is 0.295. The molecule has 0 aromatic carbocycles. The van der Waals surface area contributed by atoms with Gasteiger partial charge in [0.05, 0.1) is 0 Å². The summed E-state index contributed by atoms with van der Waals surface area (Å²) in [5, 5.41) is 0. The lowest BCUT2D eigenvalue weighted by molar-refractivity contribution is -0.474. The van der Waals surface area contributed by atoms with Gasteiger partial charge in [0.15, 0.2) is 0 Å². The molecule has 0 saturated carbocycles. The molecule has 0 saturated heterocycles. The van der Waals surface area contributed by atoms with Gasteiger partial charge in [0.2, 0.25) is 0 Å². The van der Waals surface area contributed by atoms with Crippen molar-refractivity contribution in [1.29, 1.82) is 0 Å². The minimum absolute atomic E-state index is 1.45. The van der Waals surface area contributed by atoms with E-state index in [-0.39, 0.29) is 0 Å². The van der Waals surface area contributed by atoms with Gasteiger partial charge in [0.1, 0.15) is 0 Å².